The van der Waals surface area contributed by atoms with E-state index in [-0.39, 0.29) is 12.1 Å². The summed E-state index contributed by atoms with van der Waals surface area (Å²) in [5.74, 6) is 1.39. The van der Waals surface area contributed by atoms with Crippen molar-refractivity contribution < 1.29 is 4.74 Å². The van der Waals surface area contributed by atoms with Gasteiger partial charge in [0.2, 0.25) is 11.8 Å². The zero-order valence-electron chi connectivity index (χ0n) is 8.74. The fraction of sp³-hybridized carbons (Fsp3) is 0.556. The molecule has 0 radical (unpaired) electrons. The van der Waals surface area contributed by atoms with Crippen LogP contribution in [0.4, 0.5) is 11.8 Å². The molecule has 0 aliphatic heterocycles. The van der Waals surface area contributed by atoms with Crippen molar-refractivity contribution in [1.29, 1.82) is 0 Å². The molecule has 1 heterocycles. The van der Waals surface area contributed by atoms with Crippen LogP contribution in [0.5, 0.6) is 5.88 Å². The standard InChI is InChI=1S/C9H16N4O/c1-4-6(2)14-8-5-7(11-3)12-9(10)13-8/h5-6H,4H2,1-3H3,(H3,10,11,12,13). The molecule has 1 atom stereocenters. The summed E-state index contributed by atoms with van der Waals surface area (Å²) >= 11 is 0. The van der Waals surface area contributed by atoms with Gasteiger partial charge in [-0.25, -0.2) is 0 Å². The number of ether oxygens (including phenoxy) is 1. The van der Waals surface area contributed by atoms with Gasteiger partial charge in [-0.2, -0.15) is 9.97 Å². The molecular formula is C9H16N4O. The number of aromatic nitrogens is 2. The van der Waals surface area contributed by atoms with Gasteiger partial charge in [0, 0.05) is 13.1 Å². The normalized spacial score (nSPS) is 12.2. The van der Waals surface area contributed by atoms with E-state index in [0.717, 1.165) is 6.42 Å². The van der Waals surface area contributed by atoms with E-state index in [4.69, 9.17) is 10.5 Å². The number of rotatable bonds is 4. The molecule has 0 amide bonds. The predicted molar refractivity (Wildman–Crippen MR) is 56.4 cm³/mol. The molecule has 0 saturated carbocycles. The summed E-state index contributed by atoms with van der Waals surface area (Å²) in [5.41, 5.74) is 5.51. The van der Waals surface area contributed by atoms with Crippen LogP contribution in [0.2, 0.25) is 0 Å². The number of hydrogen-bond donors (Lipinski definition) is 2. The van der Waals surface area contributed by atoms with Crippen LogP contribution in [0.25, 0.3) is 0 Å². The quantitative estimate of drug-likeness (QED) is 0.758. The van der Waals surface area contributed by atoms with Gasteiger partial charge >= 0.3 is 0 Å². The zero-order chi connectivity index (χ0) is 10.6. The molecule has 0 bridgehead atoms. The molecular weight excluding hydrogens is 180 g/mol. The zero-order valence-corrected chi connectivity index (χ0v) is 8.74. The van der Waals surface area contributed by atoms with Crippen molar-refractivity contribution in [3.8, 4) is 5.88 Å². The Balaban J connectivity index is 2.81. The summed E-state index contributed by atoms with van der Waals surface area (Å²) in [6.07, 6.45) is 1.06. The van der Waals surface area contributed by atoms with Crippen LogP contribution in [-0.2, 0) is 0 Å². The molecule has 0 aliphatic rings. The van der Waals surface area contributed by atoms with Crippen molar-refractivity contribution in [2.45, 2.75) is 26.4 Å². The molecule has 14 heavy (non-hydrogen) atoms. The third kappa shape index (κ3) is 2.76. The lowest BCUT2D eigenvalue weighted by Crippen LogP contribution is -2.12. The predicted octanol–water partition coefficient (Wildman–Crippen LogP) is 1.28. The van der Waals surface area contributed by atoms with Crippen molar-refractivity contribution in [1.82, 2.24) is 9.97 Å². The Morgan fingerprint density at radius 1 is 1.57 bits per heavy atom. The monoisotopic (exact) mass is 196 g/mol. The summed E-state index contributed by atoms with van der Waals surface area (Å²) in [6.45, 7) is 4.03. The largest absolute Gasteiger partial charge is 0.474 e. The molecule has 1 unspecified atom stereocenters. The Morgan fingerprint density at radius 2 is 2.29 bits per heavy atom. The average molecular weight is 196 g/mol. The van der Waals surface area contributed by atoms with Crippen molar-refractivity contribution in [2.24, 2.45) is 0 Å². The van der Waals surface area contributed by atoms with Gasteiger partial charge in [0.1, 0.15) is 5.82 Å². The maximum Gasteiger partial charge on any atom is 0.225 e. The highest BCUT2D eigenvalue weighted by Gasteiger charge is 2.05. The van der Waals surface area contributed by atoms with E-state index in [9.17, 15) is 0 Å². The number of nitrogen functional groups attached to an aromatic ring is 1. The molecule has 0 spiro atoms. The van der Waals surface area contributed by atoms with Crippen LogP contribution < -0.4 is 15.8 Å². The SMILES string of the molecule is CCC(C)Oc1cc(NC)nc(N)n1. The first-order valence-electron chi connectivity index (χ1n) is 4.64. The van der Waals surface area contributed by atoms with Gasteiger partial charge in [-0.15, -0.1) is 0 Å². The van der Waals surface area contributed by atoms with Gasteiger partial charge in [0.25, 0.3) is 0 Å². The number of nitrogens with two attached hydrogens (primary N) is 1. The molecule has 3 N–H and O–H groups in total. The molecule has 0 saturated heterocycles. The van der Waals surface area contributed by atoms with Crippen LogP contribution in [0.1, 0.15) is 20.3 Å². The Morgan fingerprint density at radius 3 is 2.86 bits per heavy atom. The first kappa shape index (κ1) is 10.6. The van der Waals surface area contributed by atoms with E-state index in [1.165, 1.54) is 0 Å². The minimum atomic E-state index is 0.133. The highest BCUT2D eigenvalue weighted by atomic mass is 16.5. The molecule has 1 aromatic rings. The minimum absolute atomic E-state index is 0.133. The lowest BCUT2D eigenvalue weighted by atomic mass is 10.3. The highest BCUT2D eigenvalue weighted by molar-refractivity contribution is 5.42. The summed E-state index contributed by atoms with van der Waals surface area (Å²) in [5, 5.41) is 2.89. The lowest BCUT2D eigenvalue weighted by Gasteiger charge is -2.12. The summed E-state index contributed by atoms with van der Waals surface area (Å²) in [7, 11) is 1.77. The Bertz CT molecular complexity index is 303. The van der Waals surface area contributed by atoms with Crippen LogP contribution in [-0.4, -0.2) is 23.1 Å². The number of nitrogens with one attached hydrogen (secondary N) is 1. The van der Waals surface area contributed by atoms with Gasteiger partial charge in [-0.1, -0.05) is 6.92 Å². The van der Waals surface area contributed by atoms with Crippen molar-refractivity contribution in [2.75, 3.05) is 18.1 Å². The van der Waals surface area contributed by atoms with E-state index in [2.05, 4.69) is 15.3 Å². The van der Waals surface area contributed by atoms with E-state index < -0.39 is 0 Å². The third-order valence-electron chi connectivity index (χ3n) is 1.87. The second-order valence-corrected chi connectivity index (χ2v) is 3.04. The van der Waals surface area contributed by atoms with E-state index in [0.29, 0.717) is 11.7 Å². The second kappa shape index (κ2) is 4.64. The minimum Gasteiger partial charge on any atom is -0.474 e. The number of hydrogen-bond acceptors (Lipinski definition) is 5. The molecule has 0 fully saturated rings. The van der Waals surface area contributed by atoms with Gasteiger partial charge in [-0.05, 0) is 13.3 Å². The molecule has 78 valence electrons. The summed E-state index contributed by atoms with van der Waals surface area (Å²) < 4.78 is 5.52. The molecule has 1 aromatic heterocycles. The Labute approximate surface area is 83.7 Å². The van der Waals surface area contributed by atoms with Crippen molar-refractivity contribution in [3.63, 3.8) is 0 Å². The van der Waals surface area contributed by atoms with E-state index in [1.807, 2.05) is 13.8 Å². The van der Waals surface area contributed by atoms with Gasteiger partial charge < -0.3 is 15.8 Å². The van der Waals surface area contributed by atoms with E-state index in [1.54, 1.807) is 13.1 Å². The fourth-order valence-electron chi connectivity index (χ4n) is 0.921. The van der Waals surface area contributed by atoms with Crippen molar-refractivity contribution >= 4 is 11.8 Å². The lowest BCUT2D eigenvalue weighted by molar-refractivity contribution is 0.209. The summed E-state index contributed by atoms with van der Waals surface area (Å²) in [6, 6.07) is 1.72. The average Bonchev–Trinajstić information content (AvgIpc) is 2.16. The maximum atomic E-state index is 5.52. The Kier molecular flexibility index (Phi) is 3.50. The highest BCUT2D eigenvalue weighted by Crippen LogP contribution is 2.15. The maximum absolute atomic E-state index is 5.52. The number of nitrogens with zero attached hydrogens (tertiary/aromatic N) is 2. The van der Waals surface area contributed by atoms with Crippen LogP contribution in [0, 0.1) is 0 Å². The van der Waals surface area contributed by atoms with Crippen LogP contribution >= 0.6 is 0 Å². The molecule has 1 rings (SSSR count). The fourth-order valence-corrected chi connectivity index (χ4v) is 0.921. The molecule has 0 aromatic carbocycles. The van der Waals surface area contributed by atoms with Gasteiger partial charge in [0.15, 0.2) is 0 Å². The Hall–Kier alpha value is -1.52. The topological polar surface area (TPSA) is 73.1 Å². The van der Waals surface area contributed by atoms with Gasteiger partial charge in [-0.3, -0.25) is 0 Å². The van der Waals surface area contributed by atoms with Crippen molar-refractivity contribution in [3.05, 3.63) is 6.07 Å². The smallest absolute Gasteiger partial charge is 0.225 e. The first-order chi connectivity index (χ1) is 6.65. The summed E-state index contributed by atoms with van der Waals surface area (Å²) in [4.78, 5) is 7.94. The van der Waals surface area contributed by atoms with Crippen LogP contribution in [0.3, 0.4) is 0 Å². The number of anilines is 2. The molecule has 5 heteroatoms. The second-order valence-electron chi connectivity index (χ2n) is 3.04. The molecule has 0 aliphatic carbocycles. The third-order valence-corrected chi connectivity index (χ3v) is 1.87. The van der Waals surface area contributed by atoms with E-state index >= 15 is 0 Å². The van der Waals surface area contributed by atoms with Crippen LogP contribution in [0.15, 0.2) is 6.07 Å². The first-order valence-corrected chi connectivity index (χ1v) is 4.64. The molecule has 5 nitrogen and oxygen atoms in total. The van der Waals surface area contributed by atoms with Gasteiger partial charge in [0.05, 0.1) is 6.10 Å².